The van der Waals surface area contributed by atoms with Crippen LogP contribution in [0.3, 0.4) is 0 Å². The van der Waals surface area contributed by atoms with Gasteiger partial charge >= 0.3 is 6.09 Å². The van der Waals surface area contributed by atoms with E-state index >= 15 is 0 Å². The highest BCUT2D eigenvalue weighted by Crippen LogP contribution is 2.39. The predicted molar refractivity (Wildman–Crippen MR) is 149 cm³/mol. The normalized spacial score (nSPS) is 20.8. The molecule has 0 unspecified atom stereocenters. The number of aliphatic hydroxyl groups is 1. The Morgan fingerprint density at radius 3 is 2.63 bits per heavy atom. The molecule has 11 heteroatoms. The first kappa shape index (κ1) is 28.6. The zero-order valence-corrected chi connectivity index (χ0v) is 23.3. The lowest BCUT2D eigenvalue weighted by molar-refractivity contribution is 0.0777. The van der Waals surface area contributed by atoms with Gasteiger partial charge in [0.25, 0.3) is 0 Å². The summed E-state index contributed by atoms with van der Waals surface area (Å²) in [7, 11) is 3.08. The van der Waals surface area contributed by atoms with Gasteiger partial charge in [-0.1, -0.05) is 6.92 Å². The van der Waals surface area contributed by atoms with Gasteiger partial charge in [0.2, 0.25) is 0 Å². The summed E-state index contributed by atoms with van der Waals surface area (Å²) in [4.78, 5) is 22.7. The summed E-state index contributed by atoms with van der Waals surface area (Å²) < 4.78 is 36.4. The van der Waals surface area contributed by atoms with Gasteiger partial charge in [-0.15, -0.1) is 0 Å². The van der Waals surface area contributed by atoms with Crippen LogP contribution in [0.4, 0.5) is 13.6 Å². The molecule has 1 aliphatic carbocycles. The Labute approximate surface area is 237 Å². The first-order valence-electron chi connectivity index (χ1n) is 13.6. The number of aromatic nitrogens is 4. The minimum Gasteiger partial charge on any atom is -0.453 e. The fourth-order valence-electron chi connectivity index (χ4n) is 6.25. The van der Waals surface area contributed by atoms with E-state index in [9.17, 15) is 13.6 Å². The Kier molecular flexibility index (Phi) is 8.27. The molecule has 4 aromatic rings. The molecule has 216 valence electrons. The molecule has 3 aromatic heterocycles. The van der Waals surface area contributed by atoms with Crippen molar-refractivity contribution in [1.82, 2.24) is 24.5 Å². The Bertz CT molecular complexity index is 1530. The lowest BCUT2D eigenvalue weighted by Gasteiger charge is -2.43. The zero-order valence-electron chi connectivity index (χ0n) is 23.3. The van der Waals surface area contributed by atoms with Crippen LogP contribution in [-0.2, 0) is 17.6 Å². The van der Waals surface area contributed by atoms with E-state index in [2.05, 4.69) is 22.0 Å². The third-order valence-electron chi connectivity index (χ3n) is 8.09. The maximum absolute atomic E-state index is 14.9. The van der Waals surface area contributed by atoms with Crippen LogP contribution in [0.15, 0.2) is 48.9 Å². The fourth-order valence-corrected chi connectivity index (χ4v) is 6.25. The van der Waals surface area contributed by atoms with E-state index in [1.54, 1.807) is 41.0 Å². The molecule has 0 saturated heterocycles. The van der Waals surface area contributed by atoms with Gasteiger partial charge < -0.3 is 20.5 Å². The van der Waals surface area contributed by atoms with E-state index < -0.39 is 17.7 Å². The van der Waals surface area contributed by atoms with Gasteiger partial charge in [-0.2, -0.15) is 5.10 Å². The summed E-state index contributed by atoms with van der Waals surface area (Å²) >= 11 is 0. The van der Waals surface area contributed by atoms with Gasteiger partial charge in [0, 0.05) is 38.5 Å². The first-order valence-corrected chi connectivity index (χ1v) is 13.6. The van der Waals surface area contributed by atoms with Crippen molar-refractivity contribution in [2.24, 2.45) is 11.7 Å². The minimum atomic E-state index is -0.740. The van der Waals surface area contributed by atoms with E-state index in [4.69, 9.17) is 15.6 Å². The molecular weight excluding hydrogens is 530 g/mol. The summed E-state index contributed by atoms with van der Waals surface area (Å²) in [6.07, 6.45) is 6.91. The second-order valence-corrected chi connectivity index (χ2v) is 10.8. The van der Waals surface area contributed by atoms with Crippen LogP contribution < -0.4 is 5.73 Å². The number of halogens is 2. The lowest BCUT2D eigenvalue weighted by atomic mass is 9.72. The Morgan fingerprint density at radius 1 is 1.20 bits per heavy atom. The van der Waals surface area contributed by atoms with Crippen molar-refractivity contribution < 1.29 is 23.4 Å². The van der Waals surface area contributed by atoms with Crippen molar-refractivity contribution in [3.05, 3.63) is 83.1 Å². The number of hydrogen-bond donors (Lipinski definition) is 2. The van der Waals surface area contributed by atoms with Crippen LogP contribution in [0.5, 0.6) is 0 Å². The van der Waals surface area contributed by atoms with Crippen LogP contribution in [0.1, 0.15) is 48.2 Å². The average Bonchev–Trinajstić information content (AvgIpc) is 3.34. The van der Waals surface area contributed by atoms with E-state index in [1.807, 2.05) is 12.3 Å². The third-order valence-corrected chi connectivity index (χ3v) is 8.09. The van der Waals surface area contributed by atoms with E-state index in [0.717, 1.165) is 17.5 Å². The van der Waals surface area contributed by atoms with Gasteiger partial charge in [-0.05, 0) is 78.1 Å². The quantitative estimate of drug-likeness (QED) is 0.347. The predicted octanol–water partition coefficient (Wildman–Crippen LogP) is 4.10. The topological polar surface area (TPSA) is 119 Å². The number of likely N-dealkylation sites (N-methyl/N-ethyl adjacent to an activating group) is 1. The van der Waals surface area contributed by atoms with Crippen LogP contribution in [0, 0.1) is 17.6 Å². The molecule has 0 radical (unpaired) electrons. The van der Waals surface area contributed by atoms with Crippen molar-refractivity contribution in [3.8, 4) is 11.3 Å². The second kappa shape index (κ2) is 11.9. The highest BCUT2D eigenvalue weighted by molar-refractivity contribution is 5.67. The lowest BCUT2D eigenvalue weighted by Crippen LogP contribution is -2.55. The second-order valence-electron chi connectivity index (χ2n) is 10.8. The molecular formula is C30H34F2N6O3. The Balaban J connectivity index is 1.43. The maximum atomic E-state index is 14.9. The Morgan fingerprint density at radius 2 is 1.95 bits per heavy atom. The van der Waals surface area contributed by atoms with Gasteiger partial charge in [0.05, 0.1) is 36.1 Å². The van der Waals surface area contributed by atoms with Crippen LogP contribution in [0.25, 0.3) is 16.8 Å². The molecule has 1 aliphatic rings. The molecule has 4 atom stereocenters. The van der Waals surface area contributed by atoms with Crippen molar-refractivity contribution in [2.45, 2.75) is 50.6 Å². The average molecular weight is 565 g/mol. The van der Waals surface area contributed by atoms with Crippen molar-refractivity contribution in [2.75, 3.05) is 20.8 Å². The highest BCUT2D eigenvalue weighted by Gasteiger charge is 2.39. The summed E-state index contributed by atoms with van der Waals surface area (Å²) in [5.74, 6) is -0.592. The van der Waals surface area contributed by atoms with Crippen molar-refractivity contribution in [3.63, 3.8) is 0 Å². The van der Waals surface area contributed by atoms with Crippen LogP contribution in [0.2, 0.25) is 0 Å². The van der Waals surface area contributed by atoms with Crippen molar-refractivity contribution >= 4 is 11.6 Å². The van der Waals surface area contributed by atoms with Gasteiger partial charge in [-0.25, -0.2) is 23.1 Å². The third kappa shape index (κ3) is 5.64. The summed E-state index contributed by atoms with van der Waals surface area (Å²) in [6.45, 7) is 1.90. The number of hydrogen-bond acceptors (Lipinski definition) is 7. The molecule has 1 fully saturated rings. The number of carbonyl (C=O) groups excluding carboxylic acids is 1. The van der Waals surface area contributed by atoms with Crippen LogP contribution in [-0.4, -0.2) is 68.5 Å². The number of aliphatic hydroxyl groups excluding tert-OH is 1. The standard InChI is InChI=1S/C30H34F2N6O3/c1-17-10-19(13-25(33)29(17)37(2)30(40)41-3)22-6-8-34-15-20(22)14-27-35-16-21-4-5-26(36-38(21)27)28-23(31)11-18(7-9-39)12-24(28)32/h4-6,8,11-12,15-17,19,25,29,39H,7,9-10,13-14,33H2,1-3H3/t17-,19+,25+,29-/m0/s1. The van der Waals surface area contributed by atoms with Gasteiger partial charge in [0.1, 0.15) is 17.5 Å². The number of benzene rings is 1. The summed E-state index contributed by atoms with van der Waals surface area (Å²) in [6, 6.07) is 7.36. The Hall–Kier alpha value is -3.96. The fraction of sp³-hybridized carbons (Fsp3) is 0.400. The van der Waals surface area contributed by atoms with E-state index in [0.29, 0.717) is 29.7 Å². The van der Waals surface area contributed by atoms with Gasteiger partial charge in [0.15, 0.2) is 0 Å². The molecule has 1 amide bonds. The molecule has 9 nitrogen and oxygen atoms in total. The summed E-state index contributed by atoms with van der Waals surface area (Å²) in [5.41, 5.74) is 9.65. The number of methoxy groups -OCH3 is 1. The molecule has 3 N–H and O–H groups in total. The largest absolute Gasteiger partial charge is 0.453 e. The molecule has 1 aromatic carbocycles. The highest BCUT2D eigenvalue weighted by atomic mass is 19.1. The first-order chi connectivity index (χ1) is 19.7. The smallest absolute Gasteiger partial charge is 0.409 e. The zero-order chi connectivity index (χ0) is 29.3. The number of pyridine rings is 1. The number of amides is 1. The maximum Gasteiger partial charge on any atom is 0.409 e. The number of nitrogens with two attached hydrogens (primary N) is 1. The van der Waals surface area contributed by atoms with Gasteiger partial charge in [-0.3, -0.25) is 4.98 Å². The SMILES string of the molecule is COC(=O)N(C)[C@@H]1[C@H](N)C[C@H](c2ccncc2Cc2ncc3ccc(-c4c(F)cc(CCO)cc4F)nn23)C[C@@H]1C. The molecule has 41 heavy (non-hydrogen) atoms. The minimum absolute atomic E-state index is 0.138. The monoisotopic (exact) mass is 564 g/mol. The molecule has 5 rings (SSSR count). The van der Waals surface area contributed by atoms with Crippen molar-refractivity contribution in [1.29, 1.82) is 0 Å². The number of carbonyl (C=O) groups is 1. The van der Waals surface area contributed by atoms with E-state index in [1.165, 1.54) is 19.2 Å². The number of nitrogens with zero attached hydrogens (tertiary/aromatic N) is 5. The van der Waals surface area contributed by atoms with E-state index in [-0.39, 0.29) is 48.2 Å². The summed E-state index contributed by atoms with van der Waals surface area (Å²) in [5, 5.41) is 13.7. The number of imidazole rings is 1. The molecule has 3 heterocycles. The molecule has 1 saturated carbocycles. The molecule has 0 aliphatic heterocycles. The number of rotatable bonds is 7. The van der Waals surface area contributed by atoms with Crippen LogP contribution >= 0.6 is 0 Å². The molecule has 0 bridgehead atoms. The molecule has 0 spiro atoms. The number of ether oxygens (including phenoxy) is 1. The number of fused-ring (bicyclic) bond motifs is 1.